The van der Waals surface area contributed by atoms with Crippen LogP contribution in [0.15, 0.2) is 30.5 Å². The summed E-state index contributed by atoms with van der Waals surface area (Å²) in [6, 6.07) is 7.32. The maximum Gasteiger partial charge on any atom is 0.171 e. The Morgan fingerprint density at radius 2 is 2.00 bits per heavy atom. The van der Waals surface area contributed by atoms with E-state index in [9.17, 15) is 4.79 Å². The monoisotopic (exact) mass is 247 g/mol. The fraction of sp³-hybridized carbons (Fsp3) is 0.250. The van der Waals surface area contributed by atoms with Crippen molar-refractivity contribution in [2.24, 2.45) is 0 Å². The summed E-state index contributed by atoms with van der Waals surface area (Å²) in [6.45, 7) is 0.987. The van der Waals surface area contributed by atoms with Crippen LogP contribution in [0.1, 0.15) is 10.5 Å². The second-order valence-electron chi connectivity index (χ2n) is 3.55. The molecule has 0 aliphatic rings. The van der Waals surface area contributed by atoms with E-state index in [1.54, 1.807) is 18.0 Å². The highest BCUT2D eigenvalue weighted by Crippen LogP contribution is 2.16. The van der Waals surface area contributed by atoms with Crippen molar-refractivity contribution in [3.05, 3.63) is 36.2 Å². The lowest BCUT2D eigenvalue weighted by atomic mass is 10.3. The van der Waals surface area contributed by atoms with Gasteiger partial charge in [-0.05, 0) is 24.3 Å². The van der Waals surface area contributed by atoms with Gasteiger partial charge in [-0.15, -0.1) is 5.10 Å². The van der Waals surface area contributed by atoms with E-state index in [2.05, 4.69) is 10.3 Å². The number of hydrogen-bond acceptors (Lipinski definition) is 5. The molecule has 0 aliphatic carbocycles. The van der Waals surface area contributed by atoms with Crippen LogP contribution in [0.5, 0.6) is 11.5 Å². The SMILES string of the molecule is COc1ccc(OCCn2cc(C=O)nn2)cc1. The van der Waals surface area contributed by atoms with Gasteiger partial charge in [-0.3, -0.25) is 4.79 Å². The van der Waals surface area contributed by atoms with Crippen molar-refractivity contribution in [2.45, 2.75) is 6.54 Å². The van der Waals surface area contributed by atoms with Crippen LogP contribution < -0.4 is 9.47 Å². The van der Waals surface area contributed by atoms with E-state index in [-0.39, 0.29) is 0 Å². The van der Waals surface area contributed by atoms with Crippen molar-refractivity contribution in [1.82, 2.24) is 15.0 Å². The van der Waals surface area contributed by atoms with Crippen LogP contribution in [-0.2, 0) is 6.54 Å². The highest BCUT2D eigenvalue weighted by Gasteiger charge is 1.99. The second kappa shape index (κ2) is 5.81. The number of nitrogens with zero attached hydrogens (tertiary/aromatic N) is 3. The van der Waals surface area contributed by atoms with E-state index in [0.717, 1.165) is 11.5 Å². The van der Waals surface area contributed by atoms with Crippen molar-refractivity contribution in [3.63, 3.8) is 0 Å². The first-order chi connectivity index (χ1) is 8.81. The average Bonchev–Trinajstić information content (AvgIpc) is 2.87. The number of hydrogen-bond donors (Lipinski definition) is 0. The lowest BCUT2D eigenvalue weighted by Crippen LogP contribution is -2.08. The van der Waals surface area contributed by atoms with Gasteiger partial charge in [-0.1, -0.05) is 5.21 Å². The van der Waals surface area contributed by atoms with Gasteiger partial charge in [0.15, 0.2) is 6.29 Å². The van der Waals surface area contributed by atoms with Crippen LogP contribution in [0.4, 0.5) is 0 Å². The second-order valence-corrected chi connectivity index (χ2v) is 3.55. The zero-order chi connectivity index (χ0) is 12.8. The summed E-state index contributed by atoms with van der Waals surface area (Å²) in [5.74, 6) is 1.54. The van der Waals surface area contributed by atoms with Crippen molar-refractivity contribution >= 4 is 6.29 Å². The predicted molar refractivity (Wildman–Crippen MR) is 63.9 cm³/mol. The molecule has 1 heterocycles. The van der Waals surface area contributed by atoms with Gasteiger partial charge in [0.25, 0.3) is 0 Å². The Hall–Kier alpha value is -2.37. The molecule has 2 aromatic rings. The van der Waals surface area contributed by atoms with Gasteiger partial charge in [0.05, 0.1) is 19.9 Å². The third-order valence-electron chi connectivity index (χ3n) is 2.33. The van der Waals surface area contributed by atoms with Crippen molar-refractivity contribution in [1.29, 1.82) is 0 Å². The lowest BCUT2D eigenvalue weighted by molar-refractivity contribution is 0.111. The molecule has 0 unspecified atom stereocenters. The number of ether oxygens (including phenoxy) is 2. The molecule has 0 aliphatic heterocycles. The number of aromatic nitrogens is 3. The van der Waals surface area contributed by atoms with Gasteiger partial charge in [-0.25, -0.2) is 4.68 Å². The minimum atomic E-state index is 0.319. The smallest absolute Gasteiger partial charge is 0.171 e. The molecule has 18 heavy (non-hydrogen) atoms. The molecule has 0 bridgehead atoms. The van der Waals surface area contributed by atoms with Crippen LogP contribution in [0.2, 0.25) is 0 Å². The zero-order valence-electron chi connectivity index (χ0n) is 9.94. The molecule has 94 valence electrons. The molecular formula is C12H13N3O3. The lowest BCUT2D eigenvalue weighted by Gasteiger charge is -2.06. The molecule has 0 radical (unpaired) electrons. The molecule has 0 spiro atoms. The molecule has 0 atom stereocenters. The van der Waals surface area contributed by atoms with Gasteiger partial charge >= 0.3 is 0 Å². The van der Waals surface area contributed by atoms with E-state index in [0.29, 0.717) is 25.1 Å². The van der Waals surface area contributed by atoms with Crippen LogP contribution in [0.3, 0.4) is 0 Å². The quantitative estimate of drug-likeness (QED) is 0.717. The summed E-state index contributed by atoms with van der Waals surface area (Å²) in [4.78, 5) is 10.4. The Morgan fingerprint density at radius 1 is 1.28 bits per heavy atom. The fourth-order valence-electron chi connectivity index (χ4n) is 1.41. The van der Waals surface area contributed by atoms with Gasteiger partial charge < -0.3 is 9.47 Å². The molecule has 0 saturated heterocycles. The number of aldehydes is 1. The highest BCUT2D eigenvalue weighted by atomic mass is 16.5. The highest BCUT2D eigenvalue weighted by molar-refractivity contribution is 5.70. The first kappa shape index (κ1) is 12.1. The van der Waals surface area contributed by atoms with Gasteiger partial charge in [-0.2, -0.15) is 0 Å². The molecule has 0 fully saturated rings. The van der Waals surface area contributed by atoms with Crippen LogP contribution in [-0.4, -0.2) is 35.0 Å². The Labute approximate surface area is 104 Å². The number of benzene rings is 1. The van der Waals surface area contributed by atoms with Crippen LogP contribution >= 0.6 is 0 Å². The number of carbonyl (C=O) groups is 1. The molecule has 6 nitrogen and oxygen atoms in total. The maximum atomic E-state index is 10.4. The van der Waals surface area contributed by atoms with Gasteiger partial charge in [0.1, 0.15) is 23.8 Å². The Balaban J connectivity index is 1.82. The Bertz CT molecular complexity index is 508. The zero-order valence-corrected chi connectivity index (χ0v) is 9.94. The molecule has 0 saturated carbocycles. The largest absolute Gasteiger partial charge is 0.497 e. The van der Waals surface area contributed by atoms with E-state index < -0.39 is 0 Å². The Kier molecular flexibility index (Phi) is 3.90. The third kappa shape index (κ3) is 3.07. The predicted octanol–water partition coefficient (Wildman–Crippen LogP) is 1.18. The first-order valence-electron chi connectivity index (χ1n) is 5.44. The average molecular weight is 247 g/mol. The summed E-state index contributed by atoms with van der Waals surface area (Å²) < 4.78 is 12.1. The molecule has 0 N–H and O–H groups in total. The summed E-state index contributed by atoms with van der Waals surface area (Å²) in [5, 5.41) is 7.44. The van der Waals surface area contributed by atoms with E-state index in [1.807, 2.05) is 24.3 Å². The van der Waals surface area contributed by atoms with Gasteiger partial charge in [0.2, 0.25) is 0 Å². The van der Waals surface area contributed by atoms with Gasteiger partial charge in [0, 0.05) is 0 Å². The van der Waals surface area contributed by atoms with Crippen molar-refractivity contribution in [3.8, 4) is 11.5 Å². The topological polar surface area (TPSA) is 66.2 Å². The molecule has 0 amide bonds. The molecular weight excluding hydrogens is 234 g/mol. The summed E-state index contributed by atoms with van der Waals surface area (Å²) in [7, 11) is 1.62. The third-order valence-corrected chi connectivity index (χ3v) is 2.33. The first-order valence-corrected chi connectivity index (χ1v) is 5.44. The normalized spacial score (nSPS) is 10.1. The van der Waals surface area contributed by atoms with Crippen molar-refractivity contribution < 1.29 is 14.3 Å². The minimum absolute atomic E-state index is 0.319. The van der Waals surface area contributed by atoms with E-state index in [1.165, 1.54) is 0 Å². The molecule has 1 aromatic heterocycles. The fourth-order valence-corrected chi connectivity index (χ4v) is 1.41. The van der Waals surface area contributed by atoms with E-state index in [4.69, 9.17) is 9.47 Å². The summed E-state index contributed by atoms with van der Waals surface area (Å²) in [5.41, 5.74) is 0.319. The van der Waals surface area contributed by atoms with Crippen LogP contribution in [0.25, 0.3) is 0 Å². The maximum absolute atomic E-state index is 10.4. The number of carbonyl (C=O) groups excluding carboxylic acids is 1. The minimum Gasteiger partial charge on any atom is -0.497 e. The van der Waals surface area contributed by atoms with Crippen molar-refractivity contribution in [2.75, 3.05) is 13.7 Å². The molecule has 1 aromatic carbocycles. The standard InChI is InChI=1S/C12H13N3O3/c1-17-11-2-4-12(5-3-11)18-7-6-15-8-10(9-16)13-14-15/h2-5,8-9H,6-7H2,1H3. The van der Waals surface area contributed by atoms with Crippen LogP contribution in [0, 0.1) is 0 Å². The summed E-state index contributed by atoms with van der Waals surface area (Å²) in [6.07, 6.45) is 2.23. The molecule has 2 rings (SSSR count). The van der Waals surface area contributed by atoms with E-state index >= 15 is 0 Å². The number of rotatable bonds is 6. The Morgan fingerprint density at radius 3 is 2.61 bits per heavy atom. The summed E-state index contributed by atoms with van der Waals surface area (Å²) >= 11 is 0. The number of methoxy groups -OCH3 is 1. The molecule has 6 heteroatoms.